The van der Waals surface area contributed by atoms with Crippen LogP contribution >= 0.6 is 0 Å². The van der Waals surface area contributed by atoms with Gasteiger partial charge < -0.3 is 19.0 Å². The number of hydrogen-bond donors (Lipinski definition) is 1. The summed E-state index contributed by atoms with van der Waals surface area (Å²) in [7, 11) is 5.44. The number of hydrogen-bond acceptors (Lipinski definition) is 6. The molecule has 0 saturated heterocycles. The number of anilines is 1. The number of carbonyl (C=O) groups excluding carboxylic acids is 2. The molecule has 4 rings (SSSR count). The van der Waals surface area contributed by atoms with E-state index in [0.29, 0.717) is 24.7 Å². The van der Waals surface area contributed by atoms with Gasteiger partial charge in [-0.15, -0.1) is 0 Å². The van der Waals surface area contributed by atoms with Gasteiger partial charge in [0.25, 0.3) is 5.91 Å². The van der Waals surface area contributed by atoms with Crippen molar-refractivity contribution in [2.45, 2.75) is 6.92 Å². The highest BCUT2D eigenvalue weighted by molar-refractivity contribution is 5.97. The molecular weight excluding hydrogens is 470 g/mol. The second kappa shape index (κ2) is 11.6. The quantitative estimate of drug-likeness (QED) is 0.352. The van der Waals surface area contributed by atoms with E-state index >= 15 is 0 Å². The molecule has 0 aliphatic rings. The molecule has 0 spiro atoms. The van der Waals surface area contributed by atoms with Crippen LogP contribution in [0.2, 0.25) is 0 Å². The molecule has 4 aromatic rings. The van der Waals surface area contributed by atoms with Crippen molar-refractivity contribution in [2.24, 2.45) is 0 Å². The average molecular weight is 502 g/mol. The third kappa shape index (κ3) is 6.45. The predicted octanol–water partition coefficient (Wildman–Crippen LogP) is 4.09. The predicted molar refractivity (Wildman–Crippen MR) is 142 cm³/mol. The van der Waals surface area contributed by atoms with Gasteiger partial charge in [0.15, 0.2) is 5.76 Å². The van der Waals surface area contributed by atoms with Crippen LogP contribution in [0.4, 0.5) is 5.95 Å². The highest BCUT2D eigenvalue weighted by atomic mass is 16.5. The van der Waals surface area contributed by atoms with Crippen LogP contribution in [0.15, 0.2) is 77.5 Å². The summed E-state index contributed by atoms with van der Waals surface area (Å²) in [5.74, 6) is 0.586. The Hall–Kier alpha value is -4.37. The molecule has 192 valence electrons. The van der Waals surface area contributed by atoms with Gasteiger partial charge in [-0.3, -0.25) is 19.5 Å². The minimum atomic E-state index is -0.362. The molecule has 0 radical (unpaired) electrons. The van der Waals surface area contributed by atoms with E-state index < -0.39 is 0 Å². The number of likely N-dealkylation sites (N-methyl/N-ethyl adjacent to an activating group) is 1. The summed E-state index contributed by atoms with van der Waals surface area (Å²) in [6, 6.07) is 18.7. The van der Waals surface area contributed by atoms with Gasteiger partial charge in [0.05, 0.1) is 19.1 Å². The van der Waals surface area contributed by atoms with E-state index in [2.05, 4.69) is 5.32 Å². The lowest BCUT2D eigenvalue weighted by Crippen LogP contribution is -2.41. The normalized spacial score (nSPS) is 10.9. The van der Waals surface area contributed by atoms with Crippen LogP contribution in [0.25, 0.3) is 16.9 Å². The molecule has 2 heterocycles. The number of furan rings is 1. The fourth-order valence-corrected chi connectivity index (χ4v) is 3.74. The number of nitrogens with one attached hydrogen (secondary N) is 1. The number of benzene rings is 2. The van der Waals surface area contributed by atoms with E-state index in [1.165, 1.54) is 11.2 Å². The summed E-state index contributed by atoms with van der Waals surface area (Å²) in [6.07, 6.45) is 3.32. The molecule has 0 aliphatic heterocycles. The van der Waals surface area contributed by atoms with Gasteiger partial charge in [-0.2, -0.15) is 0 Å². The van der Waals surface area contributed by atoms with E-state index in [0.717, 1.165) is 22.6 Å². The van der Waals surface area contributed by atoms with E-state index in [1.54, 1.807) is 19.2 Å². The van der Waals surface area contributed by atoms with Crippen LogP contribution in [0.5, 0.6) is 5.75 Å². The molecule has 0 atom stereocenters. The third-order valence-corrected chi connectivity index (χ3v) is 5.83. The zero-order valence-electron chi connectivity index (χ0n) is 21.5. The highest BCUT2D eigenvalue weighted by Crippen LogP contribution is 2.26. The molecule has 0 saturated carbocycles. The number of carbonyl (C=O) groups is 2. The maximum Gasteiger partial charge on any atom is 0.290 e. The van der Waals surface area contributed by atoms with Crippen LogP contribution in [0.1, 0.15) is 16.1 Å². The van der Waals surface area contributed by atoms with Crippen LogP contribution in [-0.4, -0.2) is 72.0 Å². The van der Waals surface area contributed by atoms with E-state index in [1.807, 2.05) is 85.2 Å². The summed E-state index contributed by atoms with van der Waals surface area (Å²) < 4.78 is 12.4. The summed E-state index contributed by atoms with van der Waals surface area (Å²) >= 11 is 0. The summed E-state index contributed by atoms with van der Waals surface area (Å²) in [4.78, 5) is 34.3. The van der Waals surface area contributed by atoms with Gasteiger partial charge in [0.2, 0.25) is 11.9 Å². The fraction of sp³-hybridized carbons (Fsp3) is 0.250. The zero-order chi connectivity index (χ0) is 26.4. The molecule has 0 aliphatic carbocycles. The minimum absolute atomic E-state index is 0.147. The maximum absolute atomic E-state index is 13.2. The summed E-state index contributed by atoms with van der Waals surface area (Å²) in [6.45, 7) is 2.83. The smallest absolute Gasteiger partial charge is 0.290 e. The third-order valence-electron chi connectivity index (χ3n) is 5.83. The standard InChI is InChI=1S/C28H31N5O4/c1-20-7-11-22(12-8-20)33-18-24(21-9-13-23(36-4)14-10-21)29-28(33)30-26(34)19-32(16-15-31(2)3)27(35)25-6-5-17-37-25/h5-14,17-18H,15-16,19H2,1-4H3,(H,29,30,34). The van der Waals surface area contributed by atoms with Gasteiger partial charge in [0.1, 0.15) is 12.3 Å². The molecule has 0 fully saturated rings. The van der Waals surface area contributed by atoms with Crippen molar-refractivity contribution in [3.8, 4) is 22.7 Å². The lowest BCUT2D eigenvalue weighted by atomic mass is 10.1. The fourth-order valence-electron chi connectivity index (χ4n) is 3.74. The van der Waals surface area contributed by atoms with Crippen molar-refractivity contribution < 1.29 is 18.7 Å². The first-order chi connectivity index (χ1) is 17.8. The molecule has 0 bridgehead atoms. The number of rotatable bonds is 10. The first-order valence-corrected chi connectivity index (χ1v) is 11.9. The monoisotopic (exact) mass is 501 g/mol. The van der Waals surface area contributed by atoms with Crippen molar-refractivity contribution in [3.63, 3.8) is 0 Å². The molecule has 2 aromatic heterocycles. The maximum atomic E-state index is 13.2. The van der Waals surface area contributed by atoms with Crippen LogP contribution in [0.3, 0.4) is 0 Å². The second-order valence-corrected chi connectivity index (χ2v) is 8.94. The number of methoxy groups -OCH3 is 1. The highest BCUT2D eigenvalue weighted by Gasteiger charge is 2.22. The Morgan fingerprint density at radius 3 is 2.38 bits per heavy atom. The number of amides is 2. The van der Waals surface area contributed by atoms with Gasteiger partial charge in [0, 0.05) is 30.5 Å². The number of ether oxygens (including phenoxy) is 1. The Balaban J connectivity index is 1.60. The molecule has 2 amide bonds. The molecule has 1 N–H and O–H groups in total. The molecule has 2 aromatic carbocycles. The minimum Gasteiger partial charge on any atom is -0.497 e. The summed E-state index contributed by atoms with van der Waals surface area (Å²) in [5.41, 5.74) is 3.54. The molecule has 9 nitrogen and oxygen atoms in total. The number of nitrogens with zero attached hydrogens (tertiary/aromatic N) is 4. The Morgan fingerprint density at radius 1 is 1.03 bits per heavy atom. The Bertz CT molecular complexity index is 1330. The number of aryl methyl sites for hydroxylation is 1. The molecule has 0 unspecified atom stereocenters. The van der Waals surface area contributed by atoms with Crippen molar-refractivity contribution in [1.82, 2.24) is 19.4 Å². The van der Waals surface area contributed by atoms with Crippen molar-refractivity contribution >= 4 is 17.8 Å². The number of aromatic nitrogens is 2. The van der Waals surface area contributed by atoms with Crippen LogP contribution in [0, 0.1) is 6.92 Å². The van der Waals surface area contributed by atoms with E-state index in [-0.39, 0.29) is 24.1 Å². The Kier molecular flexibility index (Phi) is 8.05. The van der Waals surface area contributed by atoms with Crippen molar-refractivity contribution in [3.05, 3.63) is 84.4 Å². The summed E-state index contributed by atoms with van der Waals surface area (Å²) in [5, 5.41) is 2.90. The topological polar surface area (TPSA) is 92.8 Å². The lowest BCUT2D eigenvalue weighted by Gasteiger charge is -2.23. The Morgan fingerprint density at radius 2 is 1.76 bits per heavy atom. The van der Waals surface area contributed by atoms with Gasteiger partial charge >= 0.3 is 0 Å². The molecular formula is C28H31N5O4. The molecule has 37 heavy (non-hydrogen) atoms. The average Bonchev–Trinajstić information content (AvgIpc) is 3.57. The van der Waals surface area contributed by atoms with E-state index in [9.17, 15) is 9.59 Å². The zero-order valence-corrected chi connectivity index (χ0v) is 21.5. The first-order valence-electron chi connectivity index (χ1n) is 11.9. The van der Waals surface area contributed by atoms with Crippen molar-refractivity contribution in [2.75, 3.05) is 46.2 Å². The SMILES string of the molecule is COc1ccc(-c2cn(-c3ccc(C)cc3)c(NC(=O)CN(CCN(C)C)C(=O)c3ccco3)n2)cc1. The van der Waals surface area contributed by atoms with Gasteiger partial charge in [-0.05, 0) is 69.6 Å². The molecule has 9 heteroatoms. The van der Waals surface area contributed by atoms with Crippen LogP contribution < -0.4 is 10.1 Å². The van der Waals surface area contributed by atoms with Crippen LogP contribution in [-0.2, 0) is 4.79 Å². The number of imidazole rings is 1. The van der Waals surface area contributed by atoms with Gasteiger partial charge in [-0.25, -0.2) is 4.98 Å². The van der Waals surface area contributed by atoms with E-state index in [4.69, 9.17) is 14.1 Å². The lowest BCUT2D eigenvalue weighted by molar-refractivity contribution is -0.117. The van der Waals surface area contributed by atoms with Crippen molar-refractivity contribution in [1.29, 1.82) is 0 Å². The van der Waals surface area contributed by atoms with Gasteiger partial charge in [-0.1, -0.05) is 17.7 Å². The second-order valence-electron chi connectivity index (χ2n) is 8.94. The largest absolute Gasteiger partial charge is 0.497 e. The Labute approximate surface area is 216 Å². The first kappa shape index (κ1) is 25.7.